The number of nitrogens with one attached hydrogen (secondary N) is 2. The van der Waals surface area contributed by atoms with Crippen molar-refractivity contribution in [2.24, 2.45) is 4.99 Å². The number of guanidine groups is 1. The summed E-state index contributed by atoms with van der Waals surface area (Å²) in [6.45, 7) is 2.77. The fraction of sp³-hybridized carbons (Fsp3) is 0.333. The molecule has 0 bridgehead atoms. The lowest BCUT2D eigenvalue weighted by atomic mass is 10.00. The van der Waals surface area contributed by atoms with Crippen LogP contribution < -0.4 is 15.4 Å². The number of fused-ring (bicyclic) bond motifs is 1. The van der Waals surface area contributed by atoms with Crippen LogP contribution in [0.4, 0.5) is 0 Å². The van der Waals surface area contributed by atoms with Gasteiger partial charge in [0.15, 0.2) is 5.96 Å². The molecule has 1 aliphatic rings. The van der Waals surface area contributed by atoms with E-state index in [1.165, 1.54) is 11.1 Å². The predicted octanol–water partition coefficient (Wildman–Crippen LogP) is 2.43. The van der Waals surface area contributed by atoms with Crippen LogP contribution in [0.3, 0.4) is 0 Å². The van der Waals surface area contributed by atoms with E-state index in [2.05, 4.69) is 33.8 Å². The fourth-order valence-electron chi connectivity index (χ4n) is 3.06. The molecule has 0 saturated heterocycles. The molecule has 6 nitrogen and oxygen atoms in total. The largest absolute Gasteiger partial charge is 0.492 e. The Balaban J connectivity index is 0.00000280. The topological polar surface area (TPSA) is 66.0 Å². The van der Waals surface area contributed by atoms with Gasteiger partial charge in [-0.3, -0.25) is 9.79 Å². The number of aliphatic imine (C=N–C) groups is 1. The van der Waals surface area contributed by atoms with Gasteiger partial charge >= 0.3 is 0 Å². The van der Waals surface area contributed by atoms with E-state index in [1.807, 2.05) is 41.3 Å². The van der Waals surface area contributed by atoms with Gasteiger partial charge in [-0.05, 0) is 29.7 Å². The van der Waals surface area contributed by atoms with Crippen LogP contribution in [0.25, 0.3) is 0 Å². The van der Waals surface area contributed by atoms with Gasteiger partial charge in [0, 0.05) is 20.1 Å². The number of benzene rings is 2. The van der Waals surface area contributed by atoms with Crippen molar-refractivity contribution in [3.05, 3.63) is 65.7 Å². The Morgan fingerprint density at radius 2 is 1.79 bits per heavy atom. The molecule has 0 atom stereocenters. The second kappa shape index (κ2) is 11.5. The van der Waals surface area contributed by atoms with Gasteiger partial charge in [0.25, 0.3) is 0 Å². The van der Waals surface area contributed by atoms with Crippen LogP contribution in [0.1, 0.15) is 11.1 Å². The average molecular weight is 494 g/mol. The van der Waals surface area contributed by atoms with Gasteiger partial charge in [0.2, 0.25) is 5.91 Å². The summed E-state index contributed by atoms with van der Waals surface area (Å²) < 4.78 is 5.63. The Labute approximate surface area is 183 Å². The lowest BCUT2D eigenvalue weighted by Gasteiger charge is -2.29. The second-order valence-electron chi connectivity index (χ2n) is 6.35. The zero-order valence-electron chi connectivity index (χ0n) is 16.1. The Hall–Kier alpha value is -2.29. The molecule has 0 fully saturated rings. The van der Waals surface area contributed by atoms with Gasteiger partial charge in [-0.25, -0.2) is 0 Å². The Morgan fingerprint density at radius 1 is 1.07 bits per heavy atom. The van der Waals surface area contributed by atoms with Crippen molar-refractivity contribution in [2.45, 2.75) is 13.0 Å². The number of carbonyl (C=O) groups excluding carboxylic acids is 1. The van der Waals surface area contributed by atoms with Crippen LogP contribution in [0, 0.1) is 0 Å². The van der Waals surface area contributed by atoms with Crippen molar-refractivity contribution >= 4 is 35.8 Å². The van der Waals surface area contributed by atoms with Gasteiger partial charge in [-0.2, -0.15) is 0 Å². The van der Waals surface area contributed by atoms with E-state index in [1.54, 1.807) is 7.05 Å². The standard InChI is InChI=1S/C21H26N4O2.HI/c1-22-21(23-12-14-27-19-9-3-2-4-10-19)24-15-20(26)25-13-11-17-7-5-6-8-18(17)16-25;/h2-10H,11-16H2,1H3,(H2,22,23,24);1H. The first kappa shape index (κ1) is 22.0. The van der Waals surface area contributed by atoms with Crippen LogP contribution in [-0.4, -0.2) is 50.1 Å². The summed E-state index contributed by atoms with van der Waals surface area (Å²) in [5.74, 6) is 1.51. The first-order valence-electron chi connectivity index (χ1n) is 9.23. The van der Waals surface area contributed by atoms with E-state index in [9.17, 15) is 4.79 Å². The normalized spacial score (nSPS) is 13.2. The number of halogens is 1. The van der Waals surface area contributed by atoms with Crippen molar-refractivity contribution < 1.29 is 9.53 Å². The number of amides is 1. The molecule has 0 unspecified atom stereocenters. The zero-order chi connectivity index (χ0) is 18.9. The molecule has 1 amide bonds. The minimum Gasteiger partial charge on any atom is -0.492 e. The zero-order valence-corrected chi connectivity index (χ0v) is 18.4. The molecule has 0 spiro atoms. The highest BCUT2D eigenvalue weighted by Crippen LogP contribution is 2.18. The van der Waals surface area contributed by atoms with Crippen LogP contribution >= 0.6 is 24.0 Å². The highest BCUT2D eigenvalue weighted by molar-refractivity contribution is 14.0. The molecule has 1 aliphatic heterocycles. The van der Waals surface area contributed by atoms with Crippen LogP contribution in [0.15, 0.2) is 59.6 Å². The molecule has 2 aromatic carbocycles. The molecule has 0 aromatic heterocycles. The molecule has 28 heavy (non-hydrogen) atoms. The van der Waals surface area contributed by atoms with Crippen molar-refractivity contribution in [3.8, 4) is 5.75 Å². The van der Waals surface area contributed by atoms with Crippen molar-refractivity contribution in [1.29, 1.82) is 0 Å². The summed E-state index contributed by atoms with van der Waals surface area (Å²) in [6, 6.07) is 18.0. The van der Waals surface area contributed by atoms with Gasteiger partial charge < -0.3 is 20.3 Å². The smallest absolute Gasteiger partial charge is 0.242 e. The van der Waals surface area contributed by atoms with E-state index >= 15 is 0 Å². The molecule has 0 radical (unpaired) electrons. The van der Waals surface area contributed by atoms with Gasteiger partial charge in [0.05, 0.1) is 13.1 Å². The van der Waals surface area contributed by atoms with Crippen LogP contribution in [0.2, 0.25) is 0 Å². The fourth-order valence-corrected chi connectivity index (χ4v) is 3.06. The number of hydrogen-bond donors (Lipinski definition) is 2. The first-order valence-corrected chi connectivity index (χ1v) is 9.23. The van der Waals surface area contributed by atoms with E-state index < -0.39 is 0 Å². The lowest BCUT2D eigenvalue weighted by Crippen LogP contribution is -2.46. The van der Waals surface area contributed by atoms with E-state index in [4.69, 9.17) is 4.74 Å². The number of carbonyl (C=O) groups is 1. The summed E-state index contributed by atoms with van der Waals surface area (Å²) in [6.07, 6.45) is 0.908. The number of hydrogen-bond acceptors (Lipinski definition) is 3. The number of ether oxygens (including phenoxy) is 1. The maximum atomic E-state index is 12.5. The Bertz CT molecular complexity index is 783. The minimum absolute atomic E-state index is 0. The van der Waals surface area contributed by atoms with E-state index in [0.717, 1.165) is 18.7 Å². The molecular weight excluding hydrogens is 467 g/mol. The first-order chi connectivity index (χ1) is 13.3. The van der Waals surface area contributed by atoms with Crippen LogP contribution in [0.5, 0.6) is 5.75 Å². The molecule has 0 aliphatic carbocycles. The monoisotopic (exact) mass is 494 g/mol. The van der Waals surface area contributed by atoms with Crippen LogP contribution in [-0.2, 0) is 17.8 Å². The van der Waals surface area contributed by atoms with Crippen molar-refractivity contribution in [1.82, 2.24) is 15.5 Å². The third-order valence-electron chi connectivity index (χ3n) is 4.52. The summed E-state index contributed by atoms with van der Waals surface area (Å²) in [5.41, 5.74) is 2.57. The Kier molecular flexibility index (Phi) is 9.06. The van der Waals surface area contributed by atoms with Gasteiger partial charge in [-0.15, -0.1) is 24.0 Å². The van der Waals surface area contributed by atoms with Crippen molar-refractivity contribution in [2.75, 3.05) is 33.3 Å². The summed E-state index contributed by atoms with van der Waals surface area (Å²) in [5, 5.41) is 6.24. The predicted molar refractivity (Wildman–Crippen MR) is 122 cm³/mol. The average Bonchev–Trinajstić information content (AvgIpc) is 2.73. The number of nitrogens with zero attached hydrogens (tertiary/aromatic N) is 2. The molecule has 2 N–H and O–H groups in total. The third-order valence-corrected chi connectivity index (χ3v) is 4.52. The third kappa shape index (κ3) is 6.40. The van der Waals surface area contributed by atoms with Gasteiger partial charge in [0.1, 0.15) is 12.4 Å². The molecule has 150 valence electrons. The maximum absolute atomic E-state index is 12.5. The minimum atomic E-state index is 0. The Morgan fingerprint density at radius 3 is 2.54 bits per heavy atom. The summed E-state index contributed by atoms with van der Waals surface area (Å²) in [4.78, 5) is 18.5. The van der Waals surface area contributed by atoms with Gasteiger partial charge in [-0.1, -0.05) is 42.5 Å². The summed E-state index contributed by atoms with van der Waals surface area (Å²) >= 11 is 0. The van der Waals surface area contributed by atoms with E-state index in [-0.39, 0.29) is 36.4 Å². The number of rotatable bonds is 6. The molecule has 2 aromatic rings. The molecular formula is C21H27IN4O2. The number of para-hydroxylation sites is 1. The maximum Gasteiger partial charge on any atom is 0.242 e. The summed E-state index contributed by atoms with van der Waals surface area (Å²) in [7, 11) is 1.69. The molecule has 7 heteroatoms. The second-order valence-corrected chi connectivity index (χ2v) is 6.35. The molecule has 0 saturated carbocycles. The highest BCUT2D eigenvalue weighted by Gasteiger charge is 2.20. The SMILES string of the molecule is CN=C(NCCOc1ccccc1)NCC(=O)N1CCc2ccccc2C1.I. The highest BCUT2D eigenvalue weighted by atomic mass is 127. The van der Waals surface area contributed by atoms with Crippen molar-refractivity contribution in [3.63, 3.8) is 0 Å². The quantitative estimate of drug-likeness (QED) is 0.280. The lowest BCUT2D eigenvalue weighted by molar-refractivity contribution is -0.130. The van der Waals surface area contributed by atoms with E-state index in [0.29, 0.717) is 25.7 Å². The molecule has 3 rings (SSSR count). The molecule has 1 heterocycles.